The van der Waals surface area contributed by atoms with E-state index in [9.17, 15) is 9.59 Å². The van der Waals surface area contributed by atoms with E-state index in [0.29, 0.717) is 31.7 Å². The van der Waals surface area contributed by atoms with Gasteiger partial charge in [0.2, 0.25) is 0 Å². The average Bonchev–Trinajstić information content (AvgIpc) is 2.72. The molecule has 1 aliphatic rings. The summed E-state index contributed by atoms with van der Waals surface area (Å²) < 4.78 is 10.4. The highest BCUT2D eigenvalue weighted by atomic mass is 16.5. The summed E-state index contributed by atoms with van der Waals surface area (Å²) in [5, 5.41) is 0. The Kier molecular flexibility index (Phi) is 6.12. The van der Waals surface area contributed by atoms with Crippen LogP contribution in [0.5, 0.6) is 5.75 Å². The summed E-state index contributed by atoms with van der Waals surface area (Å²) in [6.45, 7) is 3.20. The normalized spacial score (nSPS) is 14.7. The number of piperidine rings is 1. The fourth-order valence-electron chi connectivity index (χ4n) is 3.26. The Balaban J connectivity index is 1.49. The number of aryl methyl sites for hydroxylation is 1. The zero-order valence-electron chi connectivity index (χ0n) is 15.8. The van der Waals surface area contributed by atoms with E-state index in [1.165, 1.54) is 12.7 Å². The van der Waals surface area contributed by atoms with Gasteiger partial charge in [-0.25, -0.2) is 0 Å². The third-order valence-electron chi connectivity index (χ3n) is 4.98. The number of likely N-dealkylation sites (tertiary alicyclic amines) is 1. The van der Waals surface area contributed by atoms with Gasteiger partial charge in [-0.1, -0.05) is 42.0 Å². The molecule has 0 aromatic heterocycles. The van der Waals surface area contributed by atoms with Gasteiger partial charge in [-0.3, -0.25) is 9.59 Å². The van der Waals surface area contributed by atoms with Crippen molar-refractivity contribution in [1.82, 2.24) is 4.90 Å². The molecular formula is C22H25NO4. The molecule has 5 heteroatoms. The molecule has 0 radical (unpaired) electrons. The van der Waals surface area contributed by atoms with Crippen molar-refractivity contribution < 1.29 is 19.1 Å². The first-order chi connectivity index (χ1) is 13.1. The Morgan fingerprint density at radius 2 is 1.52 bits per heavy atom. The number of benzene rings is 2. The minimum absolute atomic E-state index is 0.00672. The summed E-state index contributed by atoms with van der Waals surface area (Å²) in [5.74, 6) is 0.325. The number of esters is 1. The molecule has 1 amide bonds. The Morgan fingerprint density at radius 1 is 0.963 bits per heavy atom. The van der Waals surface area contributed by atoms with Crippen molar-refractivity contribution in [3.63, 3.8) is 0 Å². The maximum Gasteiger partial charge on any atom is 0.308 e. The fraction of sp³-hybridized carbons (Fsp3) is 0.364. The fourth-order valence-corrected chi connectivity index (χ4v) is 3.26. The molecule has 1 aliphatic heterocycles. The first kappa shape index (κ1) is 19.0. The minimum atomic E-state index is -0.188. The maximum atomic E-state index is 12.3. The lowest BCUT2D eigenvalue weighted by Crippen LogP contribution is -2.42. The Bertz CT molecular complexity index is 775. The highest BCUT2D eigenvalue weighted by Crippen LogP contribution is 2.23. The van der Waals surface area contributed by atoms with Crippen molar-refractivity contribution in [2.24, 2.45) is 5.92 Å². The van der Waals surface area contributed by atoms with Crippen LogP contribution in [0.3, 0.4) is 0 Å². The van der Waals surface area contributed by atoms with Gasteiger partial charge in [0, 0.05) is 13.1 Å². The van der Waals surface area contributed by atoms with Crippen LogP contribution in [0.25, 0.3) is 11.1 Å². The number of carbonyl (C=O) groups excluding carboxylic acids is 2. The van der Waals surface area contributed by atoms with Gasteiger partial charge in [-0.05, 0) is 43.0 Å². The molecule has 27 heavy (non-hydrogen) atoms. The van der Waals surface area contributed by atoms with Crippen LogP contribution in [0.4, 0.5) is 0 Å². The first-order valence-electron chi connectivity index (χ1n) is 9.22. The molecule has 2 aromatic rings. The van der Waals surface area contributed by atoms with Crippen molar-refractivity contribution in [2.75, 3.05) is 26.8 Å². The molecule has 0 N–H and O–H groups in total. The standard InChI is InChI=1S/C22H25NO4/c1-16-3-5-17(6-4-16)18-7-9-20(10-8-18)27-15-21(24)23-13-11-19(12-14-23)22(25)26-2/h3-10,19H,11-15H2,1-2H3. The van der Waals surface area contributed by atoms with Crippen molar-refractivity contribution in [2.45, 2.75) is 19.8 Å². The van der Waals surface area contributed by atoms with Crippen LogP contribution >= 0.6 is 0 Å². The number of ether oxygens (including phenoxy) is 2. The van der Waals surface area contributed by atoms with Crippen LogP contribution < -0.4 is 4.74 Å². The topological polar surface area (TPSA) is 55.8 Å². The van der Waals surface area contributed by atoms with E-state index in [1.807, 2.05) is 24.3 Å². The highest BCUT2D eigenvalue weighted by molar-refractivity contribution is 5.78. The van der Waals surface area contributed by atoms with Gasteiger partial charge in [0.1, 0.15) is 5.75 Å². The predicted octanol–water partition coefficient (Wildman–Crippen LogP) is 3.45. The molecular weight excluding hydrogens is 342 g/mol. The summed E-state index contributed by atoms with van der Waals surface area (Å²) in [6, 6.07) is 16.1. The largest absolute Gasteiger partial charge is 0.484 e. The van der Waals surface area contributed by atoms with Crippen molar-refractivity contribution in [1.29, 1.82) is 0 Å². The third kappa shape index (κ3) is 4.88. The van der Waals surface area contributed by atoms with Crippen LogP contribution in [0.15, 0.2) is 48.5 Å². The molecule has 0 atom stereocenters. The first-order valence-corrected chi connectivity index (χ1v) is 9.22. The van der Waals surface area contributed by atoms with E-state index in [0.717, 1.165) is 11.1 Å². The third-order valence-corrected chi connectivity index (χ3v) is 4.98. The van der Waals surface area contributed by atoms with Gasteiger partial charge in [-0.15, -0.1) is 0 Å². The molecule has 0 spiro atoms. The van der Waals surface area contributed by atoms with Gasteiger partial charge in [0.25, 0.3) is 5.91 Å². The summed E-state index contributed by atoms with van der Waals surface area (Å²) in [7, 11) is 1.40. The molecule has 1 heterocycles. The molecule has 1 saturated heterocycles. The number of nitrogens with zero attached hydrogens (tertiary/aromatic N) is 1. The molecule has 142 valence electrons. The van der Waals surface area contributed by atoms with Crippen LogP contribution in [0.2, 0.25) is 0 Å². The summed E-state index contributed by atoms with van der Waals surface area (Å²) in [4.78, 5) is 25.6. The van der Waals surface area contributed by atoms with Crippen molar-refractivity contribution in [3.8, 4) is 16.9 Å². The summed E-state index contributed by atoms with van der Waals surface area (Å²) >= 11 is 0. The van der Waals surface area contributed by atoms with E-state index in [2.05, 4.69) is 31.2 Å². The molecule has 5 nitrogen and oxygen atoms in total. The average molecular weight is 367 g/mol. The number of hydrogen-bond donors (Lipinski definition) is 0. The molecule has 0 bridgehead atoms. The van der Waals surface area contributed by atoms with Gasteiger partial charge in [0.15, 0.2) is 6.61 Å². The zero-order valence-corrected chi connectivity index (χ0v) is 15.8. The quantitative estimate of drug-likeness (QED) is 0.760. The van der Waals surface area contributed by atoms with Gasteiger partial charge in [-0.2, -0.15) is 0 Å². The number of rotatable bonds is 5. The van der Waals surface area contributed by atoms with E-state index < -0.39 is 0 Å². The van der Waals surface area contributed by atoms with Crippen molar-refractivity contribution in [3.05, 3.63) is 54.1 Å². The second kappa shape index (κ2) is 8.71. The molecule has 1 fully saturated rings. The molecule has 3 rings (SSSR count). The number of methoxy groups -OCH3 is 1. The Labute approximate surface area is 159 Å². The van der Waals surface area contributed by atoms with E-state index >= 15 is 0 Å². The smallest absolute Gasteiger partial charge is 0.308 e. The zero-order chi connectivity index (χ0) is 19.2. The number of hydrogen-bond acceptors (Lipinski definition) is 4. The van der Waals surface area contributed by atoms with Crippen LogP contribution in [-0.4, -0.2) is 43.6 Å². The number of carbonyl (C=O) groups is 2. The summed E-state index contributed by atoms with van der Waals surface area (Å²) in [6.07, 6.45) is 1.29. The van der Waals surface area contributed by atoms with Crippen LogP contribution in [0.1, 0.15) is 18.4 Å². The lowest BCUT2D eigenvalue weighted by Gasteiger charge is -2.30. The minimum Gasteiger partial charge on any atom is -0.484 e. The van der Waals surface area contributed by atoms with Gasteiger partial charge < -0.3 is 14.4 Å². The molecule has 2 aromatic carbocycles. The lowest BCUT2D eigenvalue weighted by atomic mass is 9.97. The van der Waals surface area contributed by atoms with E-state index in [1.54, 1.807) is 4.90 Å². The lowest BCUT2D eigenvalue weighted by molar-refractivity contribution is -0.149. The Morgan fingerprint density at radius 3 is 2.07 bits per heavy atom. The van der Waals surface area contributed by atoms with Gasteiger partial charge >= 0.3 is 5.97 Å². The maximum absolute atomic E-state index is 12.3. The SMILES string of the molecule is COC(=O)C1CCN(C(=O)COc2ccc(-c3ccc(C)cc3)cc2)CC1. The summed E-state index contributed by atoms with van der Waals surface area (Å²) in [5.41, 5.74) is 3.49. The van der Waals surface area contributed by atoms with Crippen LogP contribution in [-0.2, 0) is 14.3 Å². The molecule has 0 unspecified atom stereocenters. The van der Waals surface area contributed by atoms with E-state index in [-0.39, 0.29) is 24.4 Å². The second-order valence-corrected chi connectivity index (χ2v) is 6.86. The monoisotopic (exact) mass is 367 g/mol. The highest BCUT2D eigenvalue weighted by Gasteiger charge is 2.27. The second-order valence-electron chi connectivity index (χ2n) is 6.86. The molecule has 0 aliphatic carbocycles. The van der Waals surface area contributed by atoms with E-state index in [4.69, 9.17) is 9.47 Å². The number of amides is 1. The predicted molar refractivity (Wildman–Crippen MR) is 103 cm³/mol. The van der Waals surface area contributed by atoms with Crippen molar-refractivity contribution >= 4 is 11.9 Å². The Hall–Kier alpha value is -2.82. The van der Waals surface area contributed by atoms with Gasteiger partial charge in [0.05, 0.1) is 13.0 Å². The molecule has 0 saturated carbocycles. The van der Waals surface area contributed by atoms with Crippen LogP contribution in [0, 0.1) is 12.8 Å².